The third kappa shape index (κ3) is 3.49. The first-order valence-corrected chi connectivity index (χ1v) is 7.86. The van der Waals surface area contributed by atoms with Crippen LogP contribution in [0.15, 0.2) is 23.1 Å². The third-order valence-electron chi connectivity index (χ3n) is 3.05. The van der Waals surface area contributed by atoms with Crippen molar-refractivity contribution in [1.82, 2.24) is 4.72 Å². The van der Waals surface area contributed by atoms with Gasteiger partial charge in [-0.05, 0) is 30.5 Å². The maximum absolute atomic E-state index is 12.2. The largest absolute Gasteiger partial charge is 0.478 e. The number of carbonyl (C=O) groups is 1. The molecule has 2 N–H and O–H groups in total. The Morgan fingerprint density at radius 1 is 1.50 bits per heavy atom. The Balaban J connectivity index is 2.19. The highest BCUT2D eigenvalue weighted by Crippen LogP contribution is 2.23. The van der Waals surface area contributed by atoms with Crippen molar-refractivity contribution in [2.45, 2.75) is 11.3 Å². The smallest absolute Gasteiger partial charge is 0.335 e. The van der Waals surface area contributed by atoms with Crippen molar-refractivity contribution in [3.05, 3.63) is 28.8 Å². The Morgan fingerprint density at radius 3 is 2.85 bits per heavy atom. The monoisotopic (exact) mass is 319 g/mol. The fraction of sp³-hybridized carbons (Fsp3) is 0.417. The maximum Gasteiger partial charge on any atom is 0.335 e. The summed E-state index contributed by atoms with van der Waals surface area (Å²) in [5, 5.41) is 8.88. The number of nitrogens with one attached hydrogen (secondary N) is 1. The van der Waals surface area contributed by atoms with E-state index in [-0.39, 0.29) is 27.9 Å². The van der Waals surface area contributed by atoms with Gasteiger partial charge in [0.1, 0.15) is 4.90 Å². The van der Waals surface area contributed by atoms with Gasteiger partial charge in [0, 0.05) is 13.2 Å². The van der Waals surface area contributed by atoms with Gasteiger partial charge in [-0.1, -0.05) is 11.6 Å². The number of hydrogen-bond donors (Lipinski definition) is 2. The molecule has 1 heterocycles. The lowest BCUT2D eigenvalue weighted by Crippen LogP contribution is -2.30. The van der Waals surface area contributed by atoms with Crippen LogP contribution in [0, 0.1) is 5.92 Å². The van der Waals surface area contributed by atoms with Gasteiger partial charge in [-0.15, -0.1) is 0 Å². The first-order chi connectivity index (χ1) is 9.40. The summed E-state index contributed by atoms with van der Waals surface area (Å²) < 4.78 is 31.9. The summed E-state index contributed by atoms with van der Waals surface area (Å²) >= 11 is 5.84. The van der Waals surface area contributed by atoms with Crippen LogP contribution in [-0.4, -0.2) is 39.3 Å². The zero-order chi connectivity index (χ0) is 14.8. The molecule has 8 heteroatoms. The highest BCUT2D eigenvalue weighted by molar-refractivity contribution is 7.89. The fourth-order valence-corrected chi connectivity index (χ4v) is 3.53. The minimum atomic E-state index is -3.84. The second kappa shape index (κ2) is 6.09. The third-order valence-corrected chi connectivity index (χ3v) is 4.96. The SMILES string of the molecule is O=C(O)c1ccc(Cl)c(S(=O)(=O)NCC2CCOC2)c1. The number of rotatable bonds is 5. The average molecular weight is 320 g/mol. The van der Waals surface area contributed by atoms with Crippen molar-refractivity contribution in [1.29, 1.82) is 0 Å². The predicted molar refractivity (Wildman–Crippen MR) is 72.5 cm³/mol. The number of benzene rings is 1. The minimum absolute atomic E-state index is 0.00910. The van der Waals surface area contributed by atoms with Gasteiger partial charge in [-0.25, -0.2) is 17.9 Å². The quantitative estimate of drug-likeness (QED) is 0.854. The van der Waals surface area contributed by atoms with E-state index in [1.165, 1.54) is 12.1 Å². The standard InChI is InChI=1S/C12H14ClNO5S/c13-10-2-1-9(12(15)16)5-11(10)20(17,18)14-6-8-3-4-19-7-8/h1-2,5,8,14H,3-4,6-7H2,(H,15,16). The van der Waals surface area contributed by atoms with Gasteiger partial charge in [-0.2, -0.15) is 0 Å². The summed E-state index contributed by atoms with van der Waals surface area (Å²) in [5.74, 6) is -1.08. The van der Waals surface area contributed by atoms with Gasteiger partial charge in [0.2, 0.25) is 10.0 Å². The van der Waals surface area contributed by atoms with E-state index in [9.17, 15) is 13.2 Å². The molecule has 1 saturated heterocycles. The van der Waals surface area contributed by atoms with Crippen LogP contribution in [0.25, 0.3) is 0 Å². The Bertz CT molecular complexity index is 610. The van der Waals surface area contributed by atoms with E-state index in [1.54, 1.807) is 0 Å². The molecule has 1 unspecified atom stereocenters. The second-order valence-electron chi connectivity index (χ2n) is 4.53. The van der Waals surface area contributed by atoms with E-state index in [0.29, 0.717) is 13.2 Å². The summed E-state index contributed by atoms with van der Waals surface area (Å²) in [6, 6.07) is 3.57. The second-order valence-corrected chi connectivity index (χ2v) is 6.67. The molecule has 0 saturated carbocycles. The zero-order valence-corrected chi connectivity index (χ0v) is 12.1. The molecule has 0 aromatic heterocycles. The molecule has 110 valence electrons. The lowest BCUT2D eigenvalue weighted by molar-refractivity contribution is 0.0696. The van der Waals surface area contributed by atoms with E-state index >= 15 is 0 Å². The predicted octanol–water partition coefficient (Wildman–Crippen LogP) is 1.35. The van der Waals surface area contributed by atoms with Crippen molar-refractivity contribution in [2.75, 3.05) is 19.8 Å². The van der Waals surface area contributed by atoms with Crippen molar-refractivity contribution in [3.63, 3.8) is 0 Å². The Kier molecular flexibility index (Phi) is 4.64. The molecule has 0 amide bonds. The van der Waals surface area contributed by atoms with Crippen molar-refractivity contribution in [3.8, 4) is 0 Å². The van der Waals surface area contributed by atoms with Gasteiger partial charge in [0.05, 0.1) is 17.2 Å². The lowest BCUT2D eigenvalue weighted by Gasteiger charge is -2.11. The summed E-state index contributed by atoms with van der Waals surface area (Å²) in [6.45, 7) is 1.39. The number of aromatic carboxylic acids is 1. The van der Waals surface area contributed by atoms with E-state index in [1.807, 2.05) is 0 Å². The average Bonchev–Trinajstić information content (AvgIpc) is 2.89. The molecule has 20 heavy (non-hydrogen) atoms. The van der Waals surface area contributed by atoms with Crippen molar-refractivity contribution < 1.29 is 23.1 Å². The van der Waals surface area contributed by atoms with E-state index in [2.05, 4.69) is 4.72 Å². The minimum Gasteiger partial charge on any atom is -0.478 e. The molecule has 1 aliphatic rings. The van der Waals surface area contributed by atoms with Crippen LogP contribution in [0.4, 0.5) is 0 Å². The first-order valence-electron chi connectivity index (χ1n) is 6.00. The zero-order valence-electron chi connectivity index (χ0n) is 10.5. The molecule has 1 aromatic carbocycles. The summed E-state index contributed by atoms with van der Waals surface area (Å²) in [7, 11) is -3.84. The maximum atomic E-state index is 12.2. The molecule has 1 aromatic rings. The van der Waals surface area contributed by atoms with E-state index < -0.39 is 16.0 Å². The molecule has 0 aliphatic carbocycles. The topological polar surface area (TPSA) is 92.7 Å². The van der Waals surface area contributed by atoms with Gasteiger partial charge in [0.15, 0.2) is 0 Å². The van der Waals surface area contributed by atoms with Gasteiger partial charge in [-0.3, -0.25) is 0 Å². The molecule has 1 atom stereocenters. The molecular weight excluding hydrogens is 306 g/mol. The molecule has 0 bridgehead atoms. The van der Waals surface area contributed by atoms with Crippen LogP contribution in [0.5, 0.6) is 0 Å². The Hall–Kier alpha value is -1.15. The van der Waals surface area contributed by atoms with Crippen LogP contribution in [0.1, 0.15) is 16.8 Å². The summed E-state index contributed by atoms with van der Waals surface area (Å²) in [6.07, 6.45) is 0.797. The highest BCUT2D eigenvalue weighted by Gasteiger charge is 2.23. The van der Waals surface area contributed by atoms with Crippen LogP contribution in [0.2, 0.25) is 5.02 Å². The molecule has 0 radical (unpaired) electrons. The van der Waals surface area contributed by atoms with E-state index in [0.717, 1.165) is 12.5 Å². The summed E-state index contributed by atoms with van der Waals surface area (Å²) in [5.41, 5.74) is -0.126. The molecule has 1 fully saturated rings. The van der Waals surface area contributed by atoms with Crippen LogP contribution >= 0.6 is 11.6 Å². The molecule has 1 aliphatic heterocycles. The first kappa shape index (κ1) is 15.2. The molecular formula is C12H14ClNO5S. The lowest BCUT2D eigenvalue weighted by atomic mass is 10.1. The van der Waals surface area contributed by atoms with Gasteiger partial charge < -0.3 is 9.84 Å². The van der Waals surface area contributed by atoms with Crippen molar-refractivity contribution in [2.24, 2.45) is 5.92 Å². The van der Waals surface area contributed by atoms with Crippen LogP contribution in [0.3, 0.4) is 0 Å². The van der Waals surface area contributed by atoms with Crippen molar-refractivity contribution >= 4 is 27.6 Å². The fourth-order valence-electron chi connectivity index (χ4n) is 1.89. The Morgan fingerprint density at radius 2 is 2.25 bits per heavy atom. The number of halogens is 1. The molecule has 2 rings (SSSR count). The molecule has 6 nitrogen and oxygen atoms in total. The number of carboxylic acids is 1. The number of ether oxygens (including phenoxy) is 1. The van der Waals surface area contributed by atoms with Crippen LogP contribution in [-0.2, 0) is 14.8 Å². The number of sulfonamides is 1. The summed E-state index contributed by atoms with van der Waals surface area (Å²) in [4.78, 5) is 10.7. The number of hydrogen-bond acceptors (Lipinski definition) is 4. The van der Waals surface area contributed by atoms with Gasteiger partial charge in [0.25, 0.3) is 0 Å². The molecule has 0 spiro atoms. The van der Waals surface area contributed by atoms with Crippen LogP contribution < -0.4 is 4.72 Å². The highest BCUT2D eigenvalue weighted by atomic mass is 35.5. The van der Waals surface area contributed by atoms with E-state index in [4.69, 9.17) is 21.4 Å². The normalized spacial score (nSPS) is 19.1. The van der Waals surface area contributed by atoms with Gasteiger partial charge >= 0.3 is 5.97 Å². The number of carboxylic acid groups (broad SMARTS) is 1. The Labute approximate surface area is 121 Å².